The minimum atomic E-state index is -0.223. The Labute approximate surface area is 124 Å². The molecule has 20 heavy (non-hydrogen) atoms. The molecule has 0 saturated heterocycles. The lowest BCUT2D eigenvalue weighted by molar-refractivity contribution is 0.540. The van der Waals surface area contributed by atoms with Crippen LogP contribution in [0.1, 0.15) is 32.6 Å². The molecule has 0 nitrogen and oxygen atoms in total. The fourth-order valence-corrected chi connectivity index (χ4v) is 6.39. The zero-order chi connectivity index (χ0) is 13.8. The Morgan fingerprint density at radius 2 is 1.25 bits per heavy atom. The summed E-state index contributed by atoms with van der Waals surface area (Å²) in [6.45, 7) is 2.49. The molecule has 2 aromatic rings. The molecule has 1 atom stereocenters. The zero-order valence-electron chi connectivity index (χ0n) is 12.2. The van der Waals surface area contributed by atoms with Crippen LogP contribution in [0.2, 0.25) is 0 Å². The van der Waals surface area contributed by atoms with E-state index < -0.39 is 0 Å². The molecular weight excluding hydrogens is 259 g/mol. The van der Waals surface area contributed by atoms with Crippen LogP contribution >= 0.6 is 7.92 Å². The normalized spacial score (nSPS) is 17.5. The number of rotatable bonds is 4. The molecular formula is C19H23P. The van der Waals surface area contributed by atoms with Crippen LogP contribution in [0.15, 0.2) is 60.7 Å². The second-order valence-electron chi connectivity index (χ2n) is 5.83. The molecule has 0 aromatic heterocycles. The van der Waals surface area contributed by atoms with Crippen LogP contribution in [-0.4, -0.2) is 5.66 Å². The third-order valence-corrected chi connectivity index (χ3v) is 7.50. The topological polar surface area (TPSA) is 0 Å². The van der Waals surface area contributed by atoms with Gasteiger partial charge in [0.25, 0.3) is 0 Å². The van der Waals surface area contributed by atoms with Crippen LogP contribution in [0.25, 0.3) is 0 Å². The van der Waals surface area contributed by atoms with Crippen molar-refractivity contribution >= 4 is 18.5 Å². The van der Waals surface area contributed by atoms with Crippen molar-refractivity contribution in [2.45, 2.75) is 38.3 Å². The first-order valence-corrected chi connectivity index (χ1v) is 9.16. The standard InChI is InChI=1S/C19H23P/c1-16(17-10-8-9-11-17)20(18-12-4-2-5-13-18)19-14-6-3-7-15-19/h2-7,12-17H,8-11H2,1H3. The Morgan fingerprint density at radius 3 is 1.70 bits per heavy atom. The molecule has 0 heterocycles. The van der Waals surface area contributed by atoms with E-state index >= 15 is 0 Å². The fraction of sp³-hybridized carbons (Fsp3) is 0.368. The first-order valence-electron chi connectivity index (χ1n) is 7.75. The van der Waals surface area contributed by atoms with E-state index in [9.17, 15) is 0 Å². The van der Waals surface area contributed by atoms with Gasteiger partial charge in [-0.15, -0.1) is 0 Å². The third-order valence-electron chi connectivity index (χ3n) is 4.56. The highest BCUT2D eigenvalue weighted by Gasteiger charge is 2.29. The summed E-state index contributed by atoms with van der Waals surface area (Å²) in [5, 5.41) is 3.07. The van der Waals surface area contributed by atoms with Crippen LogP contribution in [0, 0.1) is 5.92 Å². The maximum atomic E-state index is 2.49. The van der Waals surface area contributed by atoms with Crippen LogP contribution in [0.5, 0.6) is 0 Å². The summed E-state index contributed by atoms with van der Waals surface area (Å²) in [6.07, 6.45) is 5.73. The third kappa shape index (κ3) is 2.96. The number of benzene rings is 2. The monoisotopic (exact) mass is 282 g/mol. The van der Waals surface area contributed by atoms with Crippen molar-refractivity contribution in [3.05, 3.63) is 60.7 Å². The first kappa shape index (κ1) is 13.8. The van der Waals surface area contributed by atoms with Gasteiger partial charge < -0.3 is 0 Å². The summed E-state index contributed by atoms with van der Waals surface area (Å²) in [5.41, 5.74) is 0.789. The molecule has 2 aromatic carbocycles. The minimum Gasteiger partial charge on any atom is -0.0622 e. The quantitative estimate of drug-likeness (QED) is 0.713. The summed E-state index contributed by atoms with van der Waals surface area (Å²) in [6, 6.07) is 22.3. The molecule has 0 spiro atoms. The van der Waals surface area contributed by atoms with Crippen molar-refractivity contribution < 1.29 is 0 Å². The molecule has 104 valence electrons. The van der Waals surface area contributed by atoms with E-state index in [1.54, 1.807) is 0 Å². The average molecular weight is 282 g/mol. The van der Waals surface area contributed by atoms with Gasteiger partial charge in [0.05, 0.1) is 0 Å². The van der Waals surface area contributed by atoms with Crippen LogP contribution in [-0.2, 0) is 0 Å². The second-order valence-corrected chi connectivity index (χ2v) is 8.41. The van der Waals surface area contributed by atoms with Gasteiger partial charge in [-0.2, -0.15) is 0 Å². The van der Waals surface area contributed by atoms with Crippen molar-refractivity contribution in [1.29, 1.82) is 0 Å². The molecule has 0 bridgehead atoms. The molecule has 0 aliphatic heterocycles. The molecule has 1 aliphatic carbocycles. The van der Waals surface area contributed by atoms with Crippen molar-refractivity contribution in [1.82, 2.24) is 0 Å². The van der Waals surface area contributed by atoms with E-state index in [-0.39, 0.29) is 7.92 Å². The van der Waals surface area contributed by atoms with Crippen molar-refractivity contribution in [2.24, 2.45) is 5.92 Å². The van der Waals surface area contributed by atoms with E-state index in [1.165, 1.54) is 36.3 Å². The molecule has 1 heteroatoms. The fourth-order valence-electron chi connectivity index (χ4n) is 3.45. The first-order chi connectivity index (χ1) is 9.86. The Balaban J connectivity index is 1.95. The summed E-state index contributed by atoms with van der Waals surface area (Å²) in [4.78, 5) is 0. The zero-order valence-corrected chi connectivity index (χ0v) is 13.1. The Kier molecular flexibility index (Phi) is 4.53. The predicted octanol–water partition coefficient (Wildman–Crippen LogP) is 4.70. The van der Waals surface area contributed by atoms with Gasteiger partial charge in [0.1, 0.15) is 0 Å². The maximum absolute atomic E-state index is 2.49. The summed E-state index contributed by atoms with van der Waals surface area (Å²) in [7, 11) is -0.223. The van der Waals surface area contributed by atoms with Gasteiger partial charge in [0.2, 0.25) is 0 Å². The van der Waals surface area contributed by atoms with E-state index in [1.807, 2.05) is 0 Å². The van der Waals surface area contributed by atoms with Crippen molar-refractivity contribution in [3.8, 4) is 0 Å². The van der Waals surface area contributed by atoms with E-state index in [0.29, 0.717) is 0 Å². The molecule has 0 amide bonds. The Morgan fingerprint density at radius 1 is 0.800 bits per heavy atom. The van der Waals surface area contributed by atoms with Crippen LogP contribution < -0.4 is 10.6 Å². The molecule has 1 aliphatic rings. The van der Waals surface area contributed by atoms with Crippen LogP contribution in [0.4, 0.5) is 0 Å². The molecule has 1 fully saturated rings. The highest BCUT2D eigenvalue weighted by molar-refractivity contribution is 7.73. The van der Waals surface area contributed by atoms with Gasteiger partial charge in [-0.1, -0.05) is 80.4 Å². The van der Waals surface area contributed by atoms with Gasteiger partial charge >= 0.3 is 0 Å². The van der Waals surface area contributed by atoms with Gasteiger partial charge in [-0.25, -0.2) is 0 Å². The minimum absolute atomic E-state index is 0.223. The molecule has 0 radical (unpaired) electrons. The van der Waals surface area contributed by atoms with E-state index in [0.717, 1.165) is 11.6 Å². The maximum Gasteiger partial charge on any atom is -0.0129 e. The average Bonchev–Trinajstić information content (AvgIpc) is 3.04. The number of hydrogen-bond acceptors (Lipinski definition) is 0. The lowest BCUT2D eigenvalue weighted by Crippen LogP contribution is -2.24. The second kappa shape index (κ2) is 6.55. The van der Waals surface area contributed by atoms with Gasteiger partial charge in [-0.05, 0) is 42.9 Å². The highest BCUT2D eigenvalue weighted by atomic mass is 31.1. The SMILES string of the molecule is CC(C1CCCC1)P(c1ccccc1)c1ccccc1. The molecule has 0 N–H and O–H groups in total. The predicted molar refractivity (Wildman–Crippen MR) is 90.5 cm³/mol. The van der Waals surface area contributed by atoms with Crippen molar-refractivity contribution in [2.75, 3.05) is 0 Å². The van der Waals surface area contributed by atoms with E-state index in [4.69, 9.17) is 0 Å². The summed E-state index contributed by atoms with van der Waals surface area (Å²) >= 11 is 0. The number of hydrogen-bond donors (Lipinski definition) is 0. The summed E-state index contributed by atoms with van der Waals surface area (Å²) in [5.74, 6) is 0.918. The van der Waals surface area contributed by atoms with E-state index in [2.05, 4.69) is 67.6 Å². The lowest BCUT2D eigenvalue weighted by Gasteiger charge is -2.30. The van der Waals surface area contributed by atoms with Crippen molar-refractivity contribution in [3.63, 3.8) is 0 Å². The Hall–Kier alpha value is -1.13. The smallest absolute Gasteiger partial charge is 0.0129 e. The van der Waals surface area contributed by atoms with Gasteiger partial charge in [-0.3, -0.25) is 0 Å². The van der Waals surface area contributed by atoms with Gasteiger partial charge in [0.15, 0.2) is 0 Å². The molecule has 1 unspecified atom stereocenters. The van der Waals surface area contributed by atoms with Crippen LogP contribution in [0.3, 0.4) is 0 Å². The lowest BCUT2D eigenvalue weighted by atomic mass is 10.1. The molecule has 3 rings (SSSR count). The molecule has 1 saturated carbocycles. The summed E-state index contributed by atoms with van der Waals surface area (Å²) < 4.78 is 0. The highest BCUT2D eigenvalue weighted by Crippen LogP contribution is 2.47. The Bertz CT molecular complexity index is 474. The van der Waals surface area contributed by atoms with Gasteiger partial charge in [0, 0.05) is 0 Å². The largest absolute Gasteiger partial charge is 0.0622 e.